The molecule has 92 valence electrons. The first-order chi connectivity index (χ1) is 7.75. The second-order valence-electron chi connectivity index (χ2n) is 4.94. The molecule has 0 radical (unpaired) electrons. The van der Waals surface area contributed by atoms with Crippen molar-refractivity contribution in [1.82, 2.24) is 5.32 Å². The molecule has 4 heteroatoms. The second kappa shape index (κ2) is 6.29. The van der Waals surface area contributed by atoms with E-state index in [1.165, 1.54) is 25.7 Å². The van der Waals surface area contributed by atoms with Crippen LogP contribution in [0.25, 0.3) is 0 Å². The molecule has 1 N–H and O–H groups in total. The Hall–Kier alpha value is 0.300. The van der Waals surface area contributed by atoms with Crippen LogP contribution < -0.4 is 5.32 Å². The van der Waals surface area contributed by atoms with Gasteiger partial charge in [-0.05, 0) is 37.4 Å². The topological polar surface area (TPSA) is 29.1 Å². The van der Waals surface area contributed by atoms with Gasteiger partial charge in [0, 0.05) is 23.0 Å². The van der Waals surface area contributed by atoms with Crippen LogP contribution in [-0.4, -0.2) is 28.8 Å². The monoisotopic (exact) mass is 305 g/mol. The first-order valence-electron chi connectivity index (χ1n) is 6.25. The van der Waals surface area contributed by atoms with Crippen molar-refractivity contribution in [2.24, 2.45) is 11.8 Å². The molecule has 1 amide bonds. The third-order valence-corrected chi connectivity index (χ3v) is 5.58. The van der Waals surface area contributed by atoms with Gasteiger partial charge in [0.15, 0.2) is 0 Å². The van der Waals surface area contributed by atoms with E-state index in [1.54, 1.807) is 0 Å². The number of carbonyl (C=O) groups excluding carboxylic acids is 1. The molecule has 0 aromatic rings. The summed E-state index contributed by atoms with van der Waals surface area (Å²) in [7, 11) is 0. The quantitative estimate of drug-likeness (QED) is 0.812. The van der Waals surface area contributed by atoms with Crippen molar-refractivity contribution < 1.29 is 4.79 Å². The van der Waals surface area contributed by atoms with Crippen molar-refractivity contribution in [2.45, 2.75) is 36.9 Å². The number of alkyl halides is 1. The summed E-state index contributed by atoms with van der Waals surface area (Å²) in [6.45, 7) is 0.891. The van der Waals surface area contributed by atoms with Gasteiger partial charge in [0.05, 0.1) is 0 Å². The lowest BCUT2D eigenvalue weighted by Gasteiger charge is -2.26. The van der Waals surface area contributed by atoms with E-state index in [4.69, 9.17) is 0 Å². The van der Waals surface area contributed by atoms with Gasteiger partial charge in [-0.2, -0.15) is 11.8 Å². The summed E-state index contributed by atoms with van der Waals surface area (Å²) >= 11 is 5.59. The summed E-state index contributed by atoms with van der Waals surface area (Å²) in [5, 5.41) is 3.14. The van der Waals surface area contributed by atoms with Gasteiger partial charge < -0.3 is 5.32 Å². The fourth-order valence-electron chi connectivity index (χ4n) is 2.54. The maximum absolute atomic E-state index is 11.8. The first-order valence-corrected chi connectivity index (χ1v) is 8.32. The van der Waals surface area contributed by atoms with Crippen molar-refractivity contribution in [3.05, 3.63) is 0 Å². The summed E-state index contributed by atoms with van der Waals surface area (Å²) in [4.78, 5) is 12.5. The first kappa shape index (κ1) is 12.7. The van der Waals surface area contributed by atoms with E-state index < -0.39 is 0 Å². The van der Waals surface area contributed by atoms with Crippen LogP contribution in [0.2, 0.25) is 0 Å². The molecule has 1 heterocycles. The highest BCUT2D eigenvalue weighted by Crippen LogP contribution is 2.29. The Morgan fingerprint density at radius 2 is 2.25 bits per heavy atom. The maximum Gasteiger partial charge on any atom is 0.223 e. The van der Waals surface area contributed by atoms with Crippen LogP contribution >= 0.6 is 27.7 Å². The molecule has 1 aliphatic heterocycles. The molecule has 0 bridgehead atoms. The molecular formula is C12H20BrNOS. The largest absolute Gasteiger partial charge is 0.356 e. The highest BCUT2D eigenvalue weighted by molar-refractivity contribution is 9.09. The van der Waals surface area contributed by atoms with Crippen molar-refractivity contribution in [2.75, 3.05) is 18.1 Å². The highest BCUT2D eigenvalue weighted by Gasteiger charge is 2.25. The Morgan fingerprint density at radius 1 is 1.38 bits per heavy atom. The number of hydrogen-bond donors (Lipinski definition) is 1. The SMILES string of the molecule is O=C(NCC1CCCC(Br)C1)C1CCSC1. The number of nitrogens with one attached hydrogen (secondary N) is 1. The van der Waals surface area contributed by atoms with E-state index in [1.807, 2.05) is 11.8 Å². The average Bonchev–Trinajstić information content (AvgIpc) is 2.79. The summed E-state index contributed by atoms with van der Waals surface area (Å²) in [5.41, 5.74) is 0. The number of rotatable bonds is 3. The Kier molecular flexibility index (Phi) is 5.01. The van der Waals surface area contributed by atoms with Gasteiger partial charge in [0.1, 0.15) is 0 Å². The van der Waals surface area contributed by atoms with E-state index in [9.17, 15) is 4.79 Å². The Bertz CT molecular complexity index is 243. The molecule has 2 fully saturated rings. The second-order valence-corrected chi connectivity index (χ2v) is 7.38. The zero-order valence-corrected chi connectivity index (χ0v) is 12.0. The predicted molar refractivity (Wildman–Crippen MR) is 73.1 cm³/mol. The van der Waals surface area contributed by atoms with E-state index >= 15 is 0 Å². The average molecular weight is 306 g/mol. The summed E-state index contributed by atoms with van der Waals surface area (Å²) in [6, 6.07) is 0. The number of amides is 1. The predicted octanol–water partition coefficient (Wildman–Crippen LogP) is 2.81. The number of halogens is 1. The molecule has 3 atom stereocenters. The van der Waals surface area contributed by atoms with Crippen LogP contribution in [-0.2, 0) is 4.79 Å². The van der Waals surface area contributed by atoms with Crippen molar-refractivity contribution >= 4 is 33.6 Å². The fraction of sp³-hybridized carbons (Fsp3) is 0.917. The normalized spacial score (nSPS) is 34.9. The van der Waals surface area contributed by atoms with Crippen molar-refractivity contribution in [3.63, 3.8) is 0 Å². The molecule has 1 aliphatic carbocycles. The van der Waals surface area contributed by atoms with Crippen molar-refractivity contribution in [1.29, 1.82) is 0 Å². The third kappa shape index (κ3) is 3.66. The van der Waals surface area contributed by atoms with Gasteiger partial charge >= 0.3 is 0 Å². The van der Waals surface area contributed by atoms with E-state index in [0.29, 0.717) is 16.7 Å². The lowest BCUT2D eigenvalue weighted by Crippen LogP contribution is -2.36. The molecule has 0 aromatic heterocycles. The molecule has 2 nitrogen and oxygen atoms in total. The van der Waals surface area contributed by atoms with Gasteiger partial charge in [0.2, 0.25) is 5.91 Å². The van der Waals surface area contributed by atoms with Crippen LogP contribution in [0.15, 0.2) is 0 Å². The fourth-order valence-corrected chi connectivity index (χ4v) is 4.61. The van der Waals surface area contributed by atoms with Crippen molar-refractivity contribution in [3.8, 4) is 0 Å². The van der Waals surface area contributed by atoms with Crippen LogP contribution in [0.5, 0.6) is 0 Å². The van der Waals surface area contributed by atoms with Gasteiger partial charge in [-0.15, -0.1) is 0 Å². The summed E-state index contributed by atoms with van der Waals surface area (Å²) in [6.07, 6.45) is 6.17. The lowest BCUT2D eigenvalue weighted by molar-refractivity contribution is -0.124. The Labute approximate surface area is 110 Å². The van der Waals surface area contributed by atoms with E-state index in [0.717, 1.165) is 24.5 Å². The maximum atomic E-state index is 11.8. The number of carbonyl (C=O) groups is 1. The van der Waals surface area contributed by atoms with Crippen LogP contribution in [0.1, 0.15) is 32.1 Å². The number of thioether (sulfide) groups is 1. The van der Waals surface area contributed by atoms with E-state index in [2.05, 4.69) is 21.2 Å². The van der Waals surface area contributed by atoms with Gasteiger partial charge in [-0.25, -0.2) is 0 Å². The van der Waals surface area contributed by atoms with Crippen LogP contribution in [0, 0.1) is 11.8 Å². The zero-order chi connectivity index (χ0) is 11.4. The summed E-state index contributed by atoms with van der Waals surface area (Å²) in [5.74, 6) is 3.45. The minimum atomic E-state index is 0.286. The molecule has 3 unspecified atom stereocenters. The highest BCUT2D eigenvalue weighted by atomic mass is 79.9. The Morgan fingerprint density at radius 3 is 2.94 bits per heavy atom. The van der Waals surface area contributed by atoms with Crippen LogP contribution in [0.4, 0.5) is 0 Å². The van der Waals surface area contributed by atoms with Gasteiger partial charge in [-0.1, -0.05) is 22.4 Å². The third-order valence-electron chi connectivity index (χ3n) is 3.58. The molecule has 0 spiro atoms. The molecule has 2 aliphatic rings. The lowest BCUT2D eigenvalue weighted by atomic mass is 9.89. The van der Waals surface area contributed by atoms with Crippen LogP contribution in [0.3, 0.4) is 0 Å². The minimum absolute atomic E-state index is 0.286. The smallest absolute Gasteiger partial charge is 0.223 e. The van der Waals surface area contributed by atoms with Gasteiger partial charge in [-0.3, -0.25) is 4.79 Å². The molecule has 16 heavy (non-hydrogen) atoms. The molecule has 1 saturated heterocycles. The molecule has 2 rings (SSSR count). The van der Waals surface area contributed by atoms with E-state index in [-0.39, 0.29) is 5.92 Å². The molecular weight excluding hydrogens is 286 g/mol. The Balaban J connectivity index is 1.67. The summed E-state index contributed by atoms with van der Waals surface area (Å²) < 4.78 is 0. The van der Waals surface area contributed by atoms with Gasteiger partial charge in [0.25, 0.3) is 0 Å². The minimum Gasteiger partial charge on any atom is -0.356 e. The standard InChI is InChI=1S/C12H20BrNOS/c13-11-3-1-2-9(6-11)7-14-12(15)10-4-5-16-8-10/h9-11H,1-8H2,(H,14,15). The zero-order valence-electron chi connectivity index (χ0n) is 9.58. The number of hydrogen-bond acceptors (Lipinski definition) is 2. The molecule has 0 aromatic carbocycles. The molecule has 1 saturated carbocycles.